The Labute approximate surface area is 118 Å². The highest BCUT2D eigenvalue weighted by Gasteiger charge is 2.20. The summed E-state index contributed by atoms with van der Waals surface area (Å²) < 4.78 is 0. The van der Waals surface area contributed by atoms with Crippen molar-refractivity contribution in [2.45, 2.75) is 58.5 Å². The van der Waals surface area contributed by atoms with E-state index in [-0.39, 0.29) is 5.41 Å². The van der Waals surface area contributed by atoms with Crippen molar-refractivity contribution in [3.05, 3.63) is 35.4 Å². The third-order valence-electron chi connectivity index (χ3n) is 3.34. The van der Waals surface area contributed by atoms with Crippen molar-refractivity contribution in [2.24, 2.45) is 0 Å². The highest BCUT2D eigenvalue weighted by atomic mass is 16.3. The first kappa shape index (κ1) is 16.2. The van der Waals surface area contributed by atoms with Gasteiger partial charge in [0.15, 0.2) is 0 Å². The van der Waals surface area contributed by atoms with Crippen molar-refractivity contribution in [2.75, 3.05) is 13.1 Å². The van der Waals surface area contributed by atoms with E-state index >= 15 is 0 Å². The zero-order valence-electron chi connectivity index (χ0n) is 13.1. The average molecular weight is 263 g/mol. The fraction of sp³-hybridized carbons (Fsp3) is 0.647. The van der Waals surface area contributed by atoms with Crippen LogP contribution in [0.3, 0.4) is 0 Å². The summed E-state index contributed by atoms with van der Waals surface area (Å²) in [6.07, 6.45) is 1.78. The molecule has 0 amide bonds. The van der Waals surface area contributed by atoms with Gasteiger partial charge in [0, 0.05) is 13.0 Å². The van der Waals surface area contributed by atoms with Crippen LogP contribution in [-0.4, -0.2) is 23.8 Å². The molecule has 1 aromatic carbocycles. The Hall–Kier alpha value is -0.860. The molecule has 0 bridgehead atoms. The monoisotopic (exact) mass is 263 g/mol. The maximum absolute atomic E-state index is 10.4. The predicted octanol–water partition coefficient (Wildman–Crippen LogP) is 3.28. The lowest BCUT2D eigenvalue weighted by molar-refractivity contribution is 0.0604. The van der Waals surface area contributed by atoms with Crippen LogP contribution in [-0.2, 0) is 11.8 Å². The first-order chi connectivity index (χ1) is 8.74. The van der Waals surface area contributed by atoms with Gasteiger partial charge >= 0.3 is 0 Å². The smallest absolute Gasteiger partial charge is 0.0783 e. The van der Waals surface area contributed by atoms with Crippen molar-refractivity contribution in [1.82, 2.24) is 5.32 Å². The molecular weight excluding hydrogens is 234 g/mol. The van der Waals surface area contributed by atoms with E-state index in [9.17, 15) is 5.11 Å². The quantitative estimate of drug-likeness (QED) is 0.772. The minimum absolute atomic E-state index is 0.184. The summed E-state index contributed by atoms with van der Waals surface area (Å²) in [4.78, 5) is 0. The number of benzene rings is 1. The van der Waals surface area contributed by atoms with Crippen molar-refractivity contribution >= 4 is 0 Å². The zero-order valence-corrected chi connectivity index (χ0v) is 13.1. The van der Waals surface area contributed by atoms with Crippen LogP contribution in [0.2, 0.25) is 0 Å². The second-order valence-electron chi connectivity index (χ2n) is 6.80. The molecule has 0 aliphatic heterocycles. The Morgan fingerprint density at radius 3 is 2.11 bits per heavy atom. The summed E-state index contributed by atoms with van der Waals surface area (Å²) in [6.45, 7) is 12.3. The van der Waals surface area contributed by atoms with Crippen LogP contribution in [0, 0.1) is 0 Å². The molecule has 19 heavy (non-hydrogen) atoms. The van der Waals surface area contributed by atoms with E-state index in [1.807, 2.05) is 6.92 Å². The summed E-state index contributed by atoms with van der Waals surface area (Å²) in [5, 5.41) is 13.6. The lowest BCUT2D eigenvalue weighted by atomic mass is 9.86. The second kappa shape index (κ2) is 6.53. The second-order valence-corrected chi connectivity index (χ2v) is 6.80. The van der Waals surface area contributed by atoms with Gasteiger partial charge in [0.2, 0.25) is 0 Å². The van der Waals surface area contributed by atoms with Gasteiger partial charge in [0.1, 0.15) is 0 Å². The van der Waals surface area contributed by atoms with Crippen LogP contribution >= 0.6 is 0 Å². The van der Waals surface area contributed by atoms with E-state index in [2.05, 4.69) is 57.3 Å². The fourth-order valence-electron chi connectivity index (χ4n) is 2.16. The van der Waals surface area contributed by atoms with Gasteiger partial charge < -0.3 is 10.4 Å². The third-order valence-corrected chi connectivity index (χ3v) is 3.34. The minimum atomic E-state index is -0.682. The lowest BCUT2D eigenvalue weighted by Gasteiger charge is -2.25. The van der Waals surface area contributed by atoms with E-state index in [0.717, 1.165) is 13.0 Å². The van der Waals surface area contributed by atoms with Gasteiger partial charge in [-0.2, -0.15) is 0 Å². The van der Waals surface area contributed by atoms with Crippen LogP contribution in [0.4, 0.5) is 0 Å². The minimum Gasteiger partial charge on any atom is -0.389 e. The molecule has 1 aromatic rings. The molecule has 1 unspecified atom stereocenters. The Bertz CT molecular complexity index is 373. The largest absolute Gasteiger partial charge is 0.389 e. The first-order valence-electron chi connectivity index (χ1n) is 7.27. The van der Waals surface area contributed by atoms with E-state index in [1.54, 1.807) is 0 Å². The van der Waals surface area contributed by atoms with Crippen molar-refractivity contribution in [3.63, 3.8) is 0 Å². The van der Waals surface area contributed by atoms with Crippen LogP contribution in [0.1, 0.15) is 52.2 Å². The van der Waals surface area contributed by atoms with Gasteiger partial charge in [-0.25, -0.2) is 0 Å². The molecule has 1 rings (SSSR count). The van der Waals surface area contributed by atoms with Gasteiger partial charge in [-0.05, 0) is 36.4 Å². The highest BCUT2D eigenvalue weighted by Crippen LogP contribution is 2.23. The fourth-order valence-corrected chi connectivity index (χ4v) is 2.16. The van der Waals surface area contributed by atoms with E-state index < -0.39 is 5.60 Å². The predicted molar refractivity (Wildman–Crippen MR) is 82.6 cm³/mol. The van der Waals surface area contributed by atoms with Crippen LogP contribution in [0.15, 0.2) is 24.3 Å². The normalized spacial score (nSPS) is 15.3. The Morgan fingerprint density at radius 2 is 1.63 bits per heavy atom. The summed E-state index contributed by atoms with van der Waals surface area (Å²) in [7, 11) is 0. The summed E-state index contributed by atoms with van der Waals surface area (Å²) in [6, 6.07) is 8.61. The van der Waals surface area contributed by atoms with Gasteiger partial charge in [0.25, 0.3) is 0 Å². The standard InChI is InChI=1S/C17H29NO/c1-6-11-18-13-17(5,19)12-14-7-9-15(10-8-14)16(2,3)4/h7-10,18-19H,6,11-13H2,1-5H3. The molecule has 0 radical (unpaired) electrons. The van der Waals surface area contributed by atoms with E-state index in [4.69, 9.17) is 0 Å². The molecule has 108 valence electrons. The van der Waals surface area contributed by atoms with E-state index in [0.29, 0.717) is 13.0 Å². The van der Waals surface area contributed by atoms with Crippen molar-refractivity contribution in [1.29, 1.82) is 0 Å². The van der Waals surface area contributed by atoms with Gasteiger partial charge in [-0.1, -0.05) is 52.0 Å². The zero-order chi connectivity index (χ0) is 14.5. The molecule has 2 nitrogen and oxygen atoms in total. The maximum Gasteiger partial charge on any atom is 0.0783 e. The molecule has 0 aliphatic carbocycles. The van der Waals surface area contributed by atoms with Crippen molar-refractivity contribution < 1.29 is 5.11 Å². The maximum atomic E-state index is 10.4. The molecule has 0 saturated heterocycles. The summed E-state index contributed by atoms with van der Waals surface area (Å²) >= 11 is 0. The van der Waals surface area contributed by atoms with Crippen molar-refractivity contribution in [3.8, 4) is 0 Å². The average Bonchev–Trinajstić information content (AvgIpc) is 2.28. The highest BCUT2D eigenvalue weighted by molar-refractivity contribution is 5.28. The molecule has 0 saturated carbocycles. The molecule has 0 aliphatic rings. The molecule has 0 aromatic heterocycles. The molecule has 1 atom stereocenters. The number of hydrogen-bond donors (Lipinski definition) is 2. The third kappa shape index (κ3) is 5.75. The Balaban J connectivity index is 2.62. The molecule has 2 N–H and O–H groups in total. The van der Waals surface area contributed by atoms with Gasteiger partial charge in [-0.15, -0.1) is 0 Å². The molecule has 2 heteroatoms. The lowest BCUT2D eigenvalue weighted by Crippen LogP contribution is -2.40. The summed E-state index contributed by atoms with van der Waals surface area (Å²) in [5.74, 6) is 0. The van der Waals surface area contributed by atoms with Gasteiger partial charge in [0.05, 0.1) is 5.60 Å². The van der Waals surface area contributed by atoms with Crippen LogP contribution in [0.25, 0.3) is 0 Å². The first-order valence-corrected chi connectivity index (χ1v) is 7.27. The molecule has 0 spiro atoms. The molecule has 0 fully saturated rings. The molecule has 0 heterocycles. The number of aliphatic hydroxyl groups is 1. The molecular formula is C17H29NO. The summed E-state index contributed by atoms with van der Waals surface area (Å²) in [5.41, 5.74) is 2.03. The Kier molecular flexibility index (Phi) is 5.57. The van der Waals surface area contributed by atoms with Crippen LogP contribution < -0.4 is 5.32 Å². The van der Waals surface area contributed by atoms with Crippen LogP contribution in [0.5, 0.6) is 0 Å². The topological polar surface area (TPSA) is 32.3 Å². The Morgan fingerprint density at radius 1 is 1.05 bits per heavy atom. The number of nitrogens with one attached hydrogen (secondary N) is 1. The number of rotatable bonds is 6. The number of hydrogen-bond acceptors (Lipinski definition) is 2. The van der Waals surface area contributed by atoms with Gasteiger partial charge in [-0.3, -0.25) is 0 Å². The SMILES string of the molecule is CCCNCC(C)(O)Cc1ccc(C(C)(C)C)cc1. The van der Waals surface area contributed by atoms with E-state index in [1.165, 1.54) is 11.1 Å².